The molecule has 1 aromatic heterocycles. The van der Waals surface area contributed by atoms with E-state index in [-0.39, 0.29) is 37.8 Å². The van der Waals surface area contributed by atoms with Crippen LogP contribution in [0.2, 0.25) is 0 Å². The smallest absolute Gasteiger partial charge is 0.408 e. The van der Waals surface area contributed by atoms with E-state index in [1.54, 1.807) is 24.5 Å². The molecule has 46 heavy (non-hydrogen) atoms. The number of unbranched alkanes of at least 4 members (excludes halogenated alkanes) is 1. The topological polar surface area (TPSA) is 138 Å². The quantitative estimate of drug-likeness (QED) is 0.137. The summed E-state index contributed by atoms with van der Waals surface area (Å²) in [4.78, 5) is 43.7. The first kappa shape index (κ1) is 31.8. The summed E-state index contributed by atoms with van der Waals surface area (Å²) in [6.45, 7) is 2.37. The van der Waals surface area contributed by atoms with Crippen LogP contribution in [-0.4, -0.2) is 50.2 Å². The van der Waals surface area contributed by atoms with Crippen molar-refractivity contribution >= 4 is 35.8 Å². The van der Waals surface area contributed by atoms with Crippen molar-refractivity contribution in [1.29, 1.82) is 0 Å². The van der Waals surface area contributed by atoms with Crippen molar-refractivity contribution in [2.45, 2.75) is 45.4 Å². The number of halogens is 1. The standard InChI is InChI=1S/C34H35FN6O5/c1-23-10-16-27(17-11-23)37-31-30(25-12-14-26(35)15-13-25)39-29-21-40(19-20-41(29)31)32(42)28(9-5-6-18-36-33(43)44)38-34(45)46-22-24-7-3-2-4-8-24/h2-4,7-8,10-17,19-20,28,36-37H,5-6,9,18,21-22H2,1H3,(H,38,45)(H,43,44). The molecule has 4 aromatic rings. The second kappa shape index (κ2) is 14.9. The molecule has 0 fully saturated rings. The number of carbonyl (C=O) groups excluding carboxylic acids is 2. The first-order chi connectivity index (χ1) is 22.3. The third kappa shape index (κ3) is 8.29. The number of nitrogens with one attached hydrogen (secondary N) is 3. The third-order valence-electron chi connectivity index (χ3n) is 7.41. The van der Waals surface area contributed by atoms with Crippen LogP contribution in [0.1, 0.15) is 36.2 Å². The fourth-order valence-electron chi connectivity index (χ4n) is 4.99. The van der Waals surface area contributed by atoms with Gasteiger partial charge >= 0.3 is 12.2 Å². The molecule has 2 heterocycles. The van der Waals surface area contributed by atoms with Gasteiger partial charge in [-0.05, 0) is 68.1 Å². The number of aryl methyl sites for hydroxylation is 1. The Morgan fingerprint density at radius 2 is 1.72 bits per heavy atom. The number of amides is 3. The Labute approximate surface area is 265 Å². The minimum Gasteiger partial charge on any atom is -0.465 e. The van der Waals surface area contributed by atoms with Gasteiger partial charge in [-0.1, -0.05) is 48.0 Å². The Morgan fingerprint density at radius 1 is 0.978 bits per heavy atom. The van der Waals surface area contributed by atoms with E-state index in [1.165, 1.54) is 17.0 Å². The minimum atomic E-state index is -1.12. The van der Waals surface area contributed by atoms with Crippen molar-refractivity contribution in [3.63, 3.8) is 0 Å². The zero-order chi connectivity index (χ0) is 32.5. The first-order valence-electron chi connectivity index (χ1n) is 14.9. The third-order valence-corrected chi connectivity index (χ3v) is 7.41. The highest BCUT2D eigenvalue weighted by Crippen LogP contribution is 2.34. The largest absolute Gasteiger partial charge is 0.465 e. The molecular weight excluding hydrogens is 591 g/mol. The van der Waals surface area contributed by atoms with Crippen LogP contribution >= 0.6 is 0 Å². The second-order valence-electron chi connectivity index (χ2n) is 10.8. The lowest BCUT2D eigenvalue weighted by molar-refractivity contribution is -0.131. The van der Waals surface area contributed by atoms with Gasteiger partial charge in [0.25, 0.3) is 0 Å². The highest BCUT2D eigenvalue weighted by Gasteiger charge is 2.30. The molecule has 238 valence electrons. The van der Waals surface area contributed by atoms with Crippen LogP contribution in [0.15, 0.2) is 85.1 Å². The van der Waals surface area contributed by atoms with Gasteiger partial charge in [0.15, 0.2) is 0 Å². The summed E-state index contributed by atoms with van der Waals surface area (Å²) in [6.07, 6.45) is 2.70. The van der Waals surface area contributed by atoms with E-state index in [1.807, 2.05) is 66.1 Å². The normalized spacial score (nSPS) is 12.6. The number of anilines is 2. The van der Waals surface area contributed by atoms with Crippen molar-refractivity contribution in [3.05, 3.63) is 108 Å². The van der Waals surface area contributed by atoms with E-state index in [9.17, 15) is 18.8 Å². The number of imidazole rings is 1. The Hall–Kier alpha value is -5.65. The summed E-state index contributed by atoms with van der Waals surface area (Å²) in [5.41, 5.74) is 4.02. The van der Waals surface area contributed by atoms with Crippen LogP contribution in [0, 0.1) is 12.7 Å². The fourth-order valence-corrected chi connectivity index (χ4v) is 4.99. The molecule has 3 amide bonds. The summed E-state index contributed by atoms with van der Waals surface area (Å²) in [6, 6.07) is 22.2. The lowest BCUT2D eigenvalue weighted by atomic mass is 10.1. The number of carboxylic acid groups (broad SMARTS) is 1. The Balaban J connectivity index is 1.34. The number of carbonyl (C=O) groups is 3. The molecule has 1 aliphatic rings. The number of hydrogen-bond acceptors (Lipinski definition) is 6. The van der Waals surface area contributed by atoms with Crippen LogP contribution in [0.25, 0.3) is 17.5 Å². The molecule has 1 atom stereocenters. The molecule has 5 rings (SSSR count). The van der Waals surface area contributed by atoms with Crippen molar-refractivity contribution in [2.75, 3.05) is 11.9 Å². The summed E-state index contributed by atoms with van der Waals surface area (Å²) < 4.78 is 21.0. The molecule has 0 bridgehead atoms. The van der Waals surface area contributed by atoms with Crippen LogP contribution in [0.3, 0.4) is 0 Å². The Bertz CT molecular complexity index is 1690. The maximum atomic E-state index is 13.8. The van der Waals surface area contributed by atoms with E-state index in [0.717, 1.165) is 16.8 Å². The van der Waals surface area contributed by atoms with Crippen LogP contribution < -0.4 is 16.0 Å². The van der Waals surface area contributed by atoms with Gasteiger partial charge in [-0.25, -0.2) is 19.0 Å². The van der Waals surface area contributed by atoms with E-state index in [4.69, 9.17) is 14.8 Å². The summed E-state index contributed by atoms with van der Waals surface area (Å²) in [5, 5.41) is 17.3. The Kier molecular flexibility index (Phi) is 10.3. The molecule has 0 saturated carbocycles. The number of nitrogens with zero attached hydrogens (tertiary/aromatic N) is 3. The van der Waals surface area contributed by atoms with Crippen molar-refractivity contribution < 1.29 is 28.6 Å². The molecular formula is C34H35FN6O5. The predicted octanol–water partition coefficient (Wildman–Crippen LogP) is 6.24. The molecule has 1 unspecified atom stereocenters. The highest BCUT2D eigenvalue weighted by atomic mass is 19.1. The predicted molar refractivity (Wildman–Crippen MR) is 171 cm³/mol. The number of alkyl carbamates (subject to hydrolysis) is 1. The summed E-state index contributed by atoms with van der Waals surface area (Å²) >= 11 is 0. The van der Waals surface area contributed by atoms with Crippen LogP contribution in [0.5, 0.6) is 0 Å². The average molecular weight is 627 g/mol. The Morgan fingerprint density at radius 3 is 2.43 bits per heavy atom. The molecule has 4 N–H and O–H groups in total. The molecule has 11 nitrogen and oxygen atoms in total. The van der Waals surface area contributed by atoms with Gasteiger partial charge in [-0.3, -0.25) is 9.36 Å². The van der Waals surface area contributed by atoms with E-state index < -0.39 is 18.2 Å². The first-order valence-corrected chi connectivity index (χ1v) is 14.9. The lowest BCUT2D eigenvalue weighted by Crippen LogP contribution is -2.47. The van der Waals surface area contributed by atoms with Gasteiger partial charge in [0.05, 0.1) is 6.54 Å². The van der Waals surface area contributed by atoms with E-state index >= 15 is 0 Å². The van der Waals surface area contributed by atoms with E-state index in [0.29, 0.717) is 35.7 Å². The van der Waals surface area contributed by atoms with Gasteiger partial charge in [-0.15, -0.1) is 0 Å². The van der Waals surface area contributed by atoms with Crippen LogP contribution in [0.4, 0.5) is 25.5 Å². The fraction of sp³-hybridized carbons (Fsp3) is 0.235. The van der Waals surface area contributed by atoms with Gasteiger partial charge < -0.3 is 30.7 Å². The second-order valence-corrected chi connectivity index (χ2v) is 10.8. The van der Waals surface area contributed by atoms with Crippen LogP contribution in [-0.2, 0) is 22.7 Å². The average Bonchev–Trinajstić information content (AvgIpc) is 3.41. The molecule has 0 saturated heterocycles. The highest BCUT2D eigenvalue weighted by molar-refractivity contribution is 5.87. The number of hydrogen-bond donors (Lipinski definition) is 4. The van der Waals surface area contributed by atoms with Crippen molar-refractivity contribution in [1.82, 2.24) is 25.1 Å². The van der Waals surface area contributed by atoms with Gasteiger partial charge in [0.2, 0.25) is 5.91 Å². The lowest BCUT2D eigenvalue weighted by Gasteiger charge is -2.27. The molecule has 3 aromatic carbocycles. The molecule has 1 aliphatic heterocycles. The number of aromatic nitrogens is 2. The molecule has 12 heteroatoms. The minimum absolute atomic E-state index is 0.0418. The molecule has 0 spiro atoms. The maximum absolute atomic E-state index is 13.8. The zero-order valence-electron chi connectivity index (χ0n) is 25.3. The van der Waals surface area contributed by atoms with E-state index in [2.05, 4.69) is 16.0 Å². The monoisotopic (exact) mass is 626 g/mol. The maximum Gasteiger partial charge on any atom is 0.408 e. The number of fused-ring (bicyclic) bond motifs is 1. The number of benzene rings is 3. The van der Waals surface area contributed by atoms with Gasteiger partial charge in [0.1, 0.15) is 35.8 Å². The molecule has 0 aliphatic carbocycles. The zero-order valence-corrected chi connectivity index (χ0v) is 25.3. The molecule has 0 radical (unpaired) electrons. The SMILES string of the molecule is Cc1ccc(Nc2c(-c3ccc(F)cc3)nc3n2C=CN(C(=O)C(CCCCNC(=O)O)NC(=O)OCc2ccccc2)C3)cc1. The summed E-state index contributed by atoms with van der Waals surface area (Å²) in [7, 11) is 0. The van der Waals surface area contributed by atoms with Gasteiger partial charge in [-0.2, -0.15) is 0 Å². The number of rotatable bonds is 12. The van der Waals surface area contributed by atoms with Gasteiger partial charge in [0, 0.05) is 30.2 Å². The van der Waals surface area contributed by atoms with Crippen molar-refractivity contribution in [3.8, 4) is 11.3 Å². The number of ether oxygens (including phenoxy) is 1. The van der Waals surface area contributed by atoms with Crippen molar-refractivity contribution in [2.24, 2.45) is 0 Å². The summed E-state index contributed by atoms with van der Waals surface area (Å²) in [5.74, 6) is 0.474.